The number of nitrogens with zero attached hydrogens (tertiary/aromatic N) is 2. The summed E-state index contributed by atoms with van der Waals surface area (Å²) in [6.07, 6.45) is 0.821. The van der Waals surface area contributed by atoms with E-state index in [4.69, 9.17) is 4.74 Å². The Morgan fingerprint density at radius 2 is 1.76 bits per heavy atom. The van der Waals surface area contributed by atoms with Gasteiger partial charge in [-0.25, -0.2) is 0 Å². The van der Waals surface area contributed by atoms with Crippen molar-refractivity contribution in [3.05, 3.63) is 35.9 Å². The number of β-amino-alcohol motifs (C(OH)–C–C–N with tert-alkyl or cyclic N) is 1. The van der Waals surface area contributed by atoms with Gasteiger partial charge in [-0.1, -0.05) is 37.3 Å². The maximum absolute atomic E-state index is 10.1. The number of benzene rings is 1. The monoisotopic (exact) mass is 292 g/mol. The van der Waals surface area contributed by atoms with Crippen LogP contribution in [0.1, 0.15) is 18.9 Å². The summed E-state index contributed by atoms with van der Waals surface area (Å²) in [5.41, 5.74) is 1.15. The summed E-state index contributed by atoms with van der Waals surface area (Å²) in [5.74, 6) is 0. The first kappa shape index (κ1) is 16.4. The third-order valence-corrected chi connectivity index (χ3v) is 3.90. The molecule has 4 nitrogen and oxygen atoms in total. The molecule has 0 aromatic heterocycles. The van der Waals surface area contributed by atoms with Gasteiger partial charge in [-0.2, -0.15) is 0 Å². The van der Waals surface area contributed by atoms with E-state index in [0.717, 1.165) is 38.3 Å². The van der Waals surface area contributed by atoms with Gasteiger partial charge in [-0.05, 0) is 18.5 Å². The van der Waals surface area contributed by atoms with E-state index in [1.54, 1.807) is 0 Å². The first-order valence-corrected chi connectivity index (χ1v) is 8.02. The van der Waals surface area contributed by atoms with Gasteiger partial charge in [-0.15, -0.1) is 0 Å². The van der Waals surface area contributed by atoms with E-state index in [2.05, 4.69) is 16.7 Å². The molecule has 1 aromatic rings. The van der Waals surface area contributed by atoms with Gasteiger partial charge in [0.2, 0.25) is 0 Å². The molecule has 1 unspecified atom stereocenters. The second-order valence-electron chi connectivity index (χ2n) is 5.80. The Balaban J connectivity index is 1.58. The van der Waals surface area contributed by atoms with Gasteiger partial charge in [0, 0.05) is 32.7 Å². The normalized spacial score (nSPS) is 18.8. The number of aliphatic hydroxyl groups is 1. The molecule has 1 aromatic carbocycles. The molecule has 0 radical (unpaired) electrons. The lowest BCUT2D eigenvalue weighted by molar-refractivity contribution is 0.00145. The fourth-order valence-electron chi connectivity index (χ4n) is 2.75. The SMILES string of the molecule is CCCN1CCN(CC(O)COCc2ccccc2)CC1. The lowest BCUT2D eigenvalue weighted by atomic mass is 10.2. The first-order chi connectivity index (χ1) is 10.3. The van der Waals surface area contributed by atoms with Gasteiger partial charge in [0.1, 0.15) is 0 Å². The van der Waals surface area contributed by atoms with Crippen molar-refractivity contribution in [2.75, 3.05) is 45.9 Å². The largest absolute Gasteiger partial charge is 0.389 e. The zero-order valence-corrected chi connectivity index (χ0v) is 13.1. The Hall–Kier alpha value is -0.940. The Bertz CT molecular complexity index is 378. The maximum Gasteiger partial charge on any atom is 0.0900 e. The molecule has 0 saturated carbocycles. The van der Waals surface area contributed by atoms with Gasteiger partial charge in [0.25, 0.3) is 0 Å². The van der Waals surface area contributed by atoms with Gasteiger partial charge < -0.3 is 14.7 Å². The summed E-state index contributed by atoms with van der Waals surface area (Å²) in [7, 11) is 0. The first-order valence-electron chi connectivity index (χ1n) is 8.02. The molecular weight excluding hydrogens is 264 g/mol. The highest BCUT2D eigenvalue weighted by atomic mass is 16.5. The van der Waals surface area contributed by atoms with Crippen LogP contribution in [0.3, 0.4) is 0 Å². The summed E-state index contributed by atoms with van der Waals surface area (Å²) in [6.45, 7) is 9.44. The number of rotatable bonds is 8. The number of hydrogen-bond donors (Lipinski definition) is 1. The molecule has 1 heterocycles. The van der Waals surface area contributed by atoms with Crippen LogP contribution in [0.15, 0.2) is 30.3 Å². The number of aliphatic hydroxyl groups excluding tert-OH is 1. The van der Waals surface area contributed by atoms with Crippen LogP contribution in [0.5, 0.6) is 0 Å². The molecule has 1 aliphatic heterocycles. The average molecular weight is 292 g/mol. The van der Waals surface area contributed by atoms with Crippen LogP contribution in [-0.4, -0.2) is 66.9 Å². The van der Waals surface area contributed by atoms with Gasteiger partial charge >= 0.3 is 0 Å². The summed E-state index contributed by atoms with van der Waals surface area (Å²) in [6, 6.07) is 10.1. The van der Waals surface area contributed by atoms with E-state index in [9.17, 15) is 5.11 Å². The fourth-order valence-corrected chi connectivity index (χ4v) is 2.75. The van der Waals surface area contributed by atoms with E-state index >= 15 is 0 Å². The second-order valence-corrected chi connectivity index (χ2v) is 5.80. The molecule has 0 spiro atoms. The minimum absolute atomic E-state index is 0.397. The molecule has 1 aliphatic rings. The Kier molecular flexibility index (Phi) is 7.16. The van der Waals surface area contributed by atoms with Crippen LogP contribution in [0.4, 0.5) is 0 Å². The molecule has 118 valence electrons. The van der Waals surface area contributed by atoms with Crippen molar-refractivity contribution in [3.63, 3.8) is 0 Å². The Morgan fingerprint density at radius 1 is 1.10 bits per heavy atom. The standard InChI is InChI=1S/C17H28N2O2/c1-2-8-18-9-11-19(12-10-18)13-17(20)15-21-14-16-6-4-3-5-7-16/h3-7,17,20H,2,8-15H2,1H3. The molecule has 1 N–H and O–H groups in total. The van der Waals surface area contributed by atoms with Crippen LogP contribution in [0.2, 0.25) is 0 Å². The van der Waals surface area contributed by atoms with Crippen LogP contribution >= 0.6 is 0 Å². The van der Waals surface area contributed by atoms with E-state index < -0.39 is 6.10 Å². The molecule has 1 saturated heterocycles. The summed E-state index contributed by atoms with van der Waals surface area (Å²) in [5, 5.41) is 10.1. The van der Waals surface area contributed by atoms with Crippen molar-refractivity contribution in [1.29, 1.82) is 0 Å². The highest BCUT2D eigenvalue weighted by molar-refractivity contribution is 5.13. The van der Waals surface area contributed by atoms with Crippen molar-refractivity contribution in [2.24, 2.45) is 0 Å². The minimum Gasteiger partial charge on any atom is -0.389 e. The van der Waals surface area contributed by atoms with Crippen LogP contribution in [0.25, 0.3) is 0 Å². The molecule has 2 rings (SSSR count). The van der Waals surface area contributed by atoms with E-state index in [1.165, 1.54) is 13.0 Å². The van der Waals surface area contributed by atoms with E-state index in [1.807, 2.05) is 30.3 Å². The summed E-state index contributed by atoms with van der Waals surface area (Å²) < 4.78 is 5.60. The van der Waals surface area contributed by atoms with Gasteiger partial charge in [0.15, 0.2) is 0 Å². The molecule has 0 bridgehead atoms. The molecule has 21 heavy (non-hydrogen) atoms. The molecule has 0 amide bonds. The third-order valence-electron chi connectivity index (χ3n) is 3.90. The van der Waals surface area contributed by atoms with Crippen LogP contribution < -0.4 is 0 Å². The summed E-state index contributed by atoms with van der Waals surface area (Å²) >= 11 is 0. The van der Waals surface area contributed by atoms with Crippen molar-refractivity contribution in [3.8, 4) is 0 Å². The van der Waals surface area contributed by atoms with E-state index in [-0.39, 0.29) is 0 Å². The van der Waals surface area contributed by atoms with Crippen molar-refractivity contribution in [1.82, 2.24) is 9.80 Å². The topological polar surface area (TPSA) is 35.9 Å². The number of hydrogen-bond acceptors (Lipinski definition) is 4. The van der Waals surface area contributed by atoms with Crippen molar-refractivity contribution in [2.45, 2.75) is 26.1 Å². The maximum atomic E-state index is 10.1. The average Bonchev–Trinajstić information content (AvgIpc) is 2.51. The number of piperazine rings is 1. The van der Waals surface area contributed by atoms with Crippen LogP contribution in [0, 0.1) is 0 Å². The van der Waals surface area contributed by atoms with Crippen LogP contribution in [-0.2, 0) is 11.3 Å². The highest BCUT2D eigenvalue weighted by Gasteiger charge is 2.18. The summed E-state index contributed by atoms with van der Waals surface area (Å²) in [4.78, 5) is 4.83. The predicted octanol–water partition coefficient (Wildman–Crippen LogP) is 1.59. The zero-order valence-electron chi connectivity index (χ0n) is 13.1. The lowest BCUT2D eigenvalue weighted by Gasteiger charge is -2.35. The smallest absolute Gasteiger partial charge is 0.0900 e. The van der Waals surface area contributed by atoms with E-state index in [0.29, 0.717) is 13.2 Å². The molecule has 1 atom stereocenters. The highest BCUT2D eigenvalue weighted by Crippen LogP contribution is 2.05. The zero-order chi connectivity index (χ0) is 14.9. The molecule has 0 aliphatic carbocycles. The second kappa shape index (κ2) is 9.15. The number of ether oxygens (including phenoxy) is 1. The minimum atomic E-state index is -0.397. The Morgan fingerprint density at radius 3 is 2.43 bits per heavy atom. The Labute approximate surface area is 128 Å². The lowest BCUT2D eigenvalue weighted by Crippen LogP contribution is -2.49. The van der Waals surface area contributed by atoms with Crippen molar-refractivity contribution >= 4 is 0 Å². The van der Waals surface area contributed by atoms with Gasteiger partial charge in [-0.3, -0.25) is 4.90 Å². The van der Waals surface area contributed by atoms with Gasteiger partial charge in [0.05, 0.1) is 19.3 Å². The molecular formula is C17H28N2O2. The fraction of sp³-hybridized carbons (Fsp3) is 0.647. The predicted molar refractivity (Wildman–Crippen MR) is 85.3 cm³/mol. The molecule has 4 heteroatoms. The quantitative estimate of drug-likeness (QED) is 0.789. The van der Waals surface area contributed by atoms with Crippen molar-refractivity contribution < 1.29 is 9.84 Å². The molecule has 1 fully saturated rings. The third kappa shape index (κ3) is 6.14.